The molecule has 158 valence electrons. The third kappa shape index (κ3) is 4.48. The highest BCUT2D eigenvalue weighted by Crippen LogP contribution is 2.29. The molecule has 0 saturated carbocycles. The van der Waals surface area contributed by atoms with Gasteiger partial charge in [-0.1, -0.05) is 19.9 Å². The van der Waals surface area contributed by atoms with Crippen LogP contribution in [0.2, 0.25) is 0 Å². The van der Waals surface area contributed by atoms with E-state index >= 15 is 0 Å². The van der Waals surface area contributed by atoms with Crippen LogP contribution in [0.1, 0.15) is 45.7 Å². The second-order valence-corrected chi connectivity index (χ2v) is 7.80. The summed E-state index contributed by atoms with van der Waals surface area (Å²) in [5.74, 6) is 0.550. The highest BCUT2D eigenvalue weighted by Gasteiger charge is 2.15. The number of benzene rings is 2. The molecular weight excluding hydrogens is 380 g/mol. The van der Waals surface area contributed by atoms with E-state index in [2.05, 4.69) is 29.9 Å². The number of nitrogens with one attached hydrogen (secondary N) is 1. The van der Waals surface area contributed by atoms with E-state index in [0.29, 0.717) is 35.8 Å². The molecular formula is C24H28N2O4. The van der Waals surface area contributed by atoms with Crippen LogP contribution in [0, 0.1) is 5.92 Å². The molecule has 1 N–H and O–H groups in total. The average molecular weight is 408 g/mol. The van der Waals surface area contributed by atoms with E-state index in [-0.39, 0.29) is 5.91 Å². The normalized spacial score (nSPS) is 11.0. The first kappa shape index (κ1) is 21.4. The first-order chi connectivity index (χ1) is 14.3. The fourth-order valence-electron chi connectivity index (χ4n) is 3.50. The van der Waals surface area contributed by atoms with Crippen molar-refractivity contribution in [3.63, 3.8) is 0 Å². The first-order valence-corrected chi connectivity index (χ1v) is 9.95. The molecule has 1 aromatic heterocycles. The lowest BCUT2D eigenvalue weighted by atomic mass is 10.0. The Labute approximate surface area is 176 Å². The van der Waals surface area contributed by atoms with Crippen LogP contribution in [0.4, 0.5) is 0 Å². The molecule has 0 bridgehead atoms. The lowest BCUT2D eigenvalue weighted by molar-refractivity contribution is 0.0600. The number of nitrogens with zero attached hydrogens (tertiary/aromatic N) is 1. The number of esters is 1. The molecule has 0 saturated heterocycles. The Balaban J connectivity index is 1.95. The van der Waals surface area contributed by atoms with Crippen LogP contribution in [0.25, 0.3) is 10.9 Å². The van der Waals surface area contributed by atoms with Crippen LogP contribution in [-0.4, -0.2) is 37.2 Å². The van der Waals surface area contributed by atoms with Crippen LogP contribution in [0.5, 0.6) is 5.75 Å². The van der Waals surface area contributed by atoms with Gasteiger partial charge in [-0.15, -0.1) is 0 Å². The number of amides is 1. The van der Waals surface area contributed by atoms with Crippen molar-refractivity contribution in [1.29, 1.82) is 0 Å². The van der Waals surface area contributed by atoms with Gasteiger partial charge in [-0.3, -0.25) is 4.79 Å². The van der Waals surface area contributed by atoms with Crippen molar-refractivity contribution in [2.24, 2.45) is 13.0 Å². The number of aromatic nitrogens is 1. The molecule has 1 heterocycles. The van der Waals surface area contributed by atoms with Crippen LogP contribution >= 0.6 is 0 Å². The van der Waals surface area contributed by atoms with Gasteiger partial charge in [0, 0.05) is 42.7 Å². The van der Waals surface area contributed by atoms with Crippen LogP contribution in [0.15, 0.2) is 42.6 Å². The van der Waals surface area contributed by atoms with Gasteiger partial charge in [-0.05, 0) is 47.4 Å². The monoisotopic (exact) mass is 408 g/mol. The molecule has 0 atom stereocenters. The molecule has 6 nitrogen and oxygen atoms in total. The Morgan fingerprint density at radius 3 is 2.43 bits per heavy atom. The van der Waals surface area contributed by atoms with Crippen molar-refractivity contribution >= 4 is 22.8 Å². The maximum absolute atomic E-state index is 12.5. The van der Waals surface area contributed by atoms with E-state index < -0.39 is 5.97 Å². The molecule has 3 rings (SSSR count). The van der Waals surface area contributed by atoms with Crippen molar-refractivity contribution in [2.75, 3.05) is 20.8 Å². The summed E-state index contributed by atoms with van der Waals surface area (Å²) in [6, 6.07) is 11.1. The summed E-state index contributed by atoms with van der Waals surface area (Å²) in [5.41, 5.74) is 4.17. The van der Waals surface area contributed by atoms with Gasteiger partial charge in [0.1, 0.15) is 5.75 Å². The molecule has 1 amide bonds. The first-order valence-electron chi connectivity index (χ1n) is 9.95. The predicted molar refractivity (Wildman–Crippen MR) is 117 cm³/mol. The van der Waals surface area contributed by atoms with Crippen molar-refractivity contribution in [2.45, 2.75) is 20.3 Å². The standard InChI is InChI=1S/C24H28N2O4/c1-15(2)13-25-23(27)17-8-9-21-20(11-17)19(14-26(21)3)10-16-6-7-18(24(28)30-5)12-22(16)29-4/h6-9,11-12,14-15H,10,13H2,1-5H3,(H,25,27). The van der Waals surface area contributed by atoms with E-state index in [1.165, 1.54) is 7.11 Å². The van der Waals surface area contributed by atoms with E-state index in [9.17, 15) is 9.59 Å². The van der Waals surface area contributed by atoms with Crippen LogP contribution in [-0.2, 0) is 18.2 Å². The molecule has 0 aliphatic heterocycles. The molecule has 0 unspecified atom stereocenters. The Morgan fingerprint density at radius 2 is 1.77 bits per heavy atom. The maximum atomic E-state index is 12.5. The number of rotatable bonds is 7. The van der Waals surface area contributed by atoms with E-state index in [0.717, 1.165) is 22.0 Å². The van der Waals surface area contributed by atoms with Gasteiger partial charge in [0.15, 0.2) is 0 Å². The smallest absolute Gasteiger partial charge is 0.337 e. The Hall–Kier alpha value is -3.28. The molecule has 0 radical (unpaired) electrons. The number of aryl methyl sites for hydroxylation is 1. The zero-order chi connectivity index (χ0) is 21.8. The molecule has 30 heavy (non-hydrogen) atoms. The minimum Gasteiger partial charge on any atom is -0.496 e. The van der Waals surface area contributed by atoms with Crippen molar-refractivity contribution < 1.29 is 19.1 Å². The fourth-order valence-corrected chi connectivity index (χ4v) is 3.50. The van der Waals surface area contributed by atoms with E-state index in [1.54, 1.807) is 19.2 Å². The largest absolute Gasteiger partial charge is 0.496 e. The van der Waals surface area contributed by atoms with Gasteiger partial charge in [-0.25, -0.2) is 4.79 Å². The topological polar surface area (TPSA) is 69.6 Å². The Kier molecular flexibility index (Phi) is 6.45. The Morgan fingerprint density at radius 1 is 1.03 bits per heavy atom. The van der Waals surface area contributed by atoms with E-state index in [1.807, 2.05) is 31.3 Å². The number of methoxy groups -OCH3 is 2. The van der Waals surface area contributed by atoms with Gasteiger partial charge in [-0.2, -0.15) is 0 Å². The summed E-state index contributed by atoms with van der Waals surface area (Å²) in [7, 11) is 4.93. The average Bonchev–Trinajstić information content (AvgIpc) is 3.06. The molecule has 3 aromatic rings. The Bertz CT molecular complexity index is 1080. The minimum absolute atomic E-state index is 0.0691. The second kappa shape index (κ2) is 9.03. The summed E-state index contributed by atoms with van der Waals surface area (Å²) in [6.07, 6.45) is 2.67. The van der Waals surface area contributed by atoms with Crippen molar-refractivity contribution in [3.8, 4) is 5.75 Å². The molecule has 0 fully saturated rings. The third-order valence-electron chi connectivity index (χ3n) is 5.09. The van der Waals surface area contributed by atoms with Gasteiger partial charge in [0.25, 0.3) is 5.91 Å². The number of hydrogen-bond donors (Lipinski definition) is 1. The highest BCUT2D eigenvalue weighted by atomic mass is 16.5. The fraction of sp³-hybridized carbons (Fsp3) is 0.333. The summed E-state index contributed by atoms with van der Waals surface area (Å²) < 4.78 is 12.3. The van der Waals surface area contributed by atoms with Crippen LogP contribution in [0.3, 0.4) is 0 Å². The summed E-state index contributed by atoms with van der Waals surface area (Å²) >= 11 is 0. The highest BCUT2D eigenvalue weighted by molar-refractivity contribution is 5.99. The van der Waals surface area contributed by atoms with Crippen molar-refractivity contribution in [3.05, 3.63) is 64.8 Å². The second-order valence-electron chi connectivity index (χ2n) is 7.80. The molecule has 6 heteroatoms. The SMILES string of the molecule is COC(=O)c1ccc(Cc2cn(C)c3ccc(C(=O)NCC(C)C)cc23)c(OC)c1. The van der Waals surface area contributed by atoms with E-state index in [4.69, 9.17) is 9.47 Å². The number of carbonyl (C=O) groups excluding carboxylic acids is 2. The zero-order valence-electron chi connectivity index (χ0n) is 18.1. The zero-order valence-corrected chi connectivity index (χ0v) is 18.1. The molecule has 0 aliphatic rings. The third-order valence-corrected chi connectivity index (χ3v) is 5.09. The quantitative estimate of drug-likeness (QED) is 0.601. The van der Waals surface area contributed by atoms with Gasteiger partial charge in [0.2, 0.25) is 0 Å². The number of hydrogen-bond acceptors (Lipinski definition) is 4. The van der Waals surface area contributed by atoms with Gasteiger partial charge >= 0.3 is 5.97 Å². The van der Waals surface area contributed by atoms with Gasteiger partial charge in [0.05, 0.1) is 19.8 Å². The maximum Gasteiger partial charge on any atom is 0.337 e. The van der Waals surface area contributed by atoms with Gasteiger partial charge < -0.3 is 19.4 Å². The molecule has 2 aromatic carbocycles. The number of fused-ring (bicyclic) bond motifs is 1. The summed E-state index contributed by atoms with van der Waals surface area (Å²) in [5, 5.41) is 3.99. The minimum atomic E-state index is -0.401. The molecule has 0 aliphatic carbocycles. The predicted octanol–water partition coefficient (Wildman–Crippen LogP) is 3.95. The lowest BCUT2D eigenvalue weighted by Gasteiger charge is -2.10. The number of ether oxygens (including phenoxy) is 2. The van der Waals surface area contributed by atoms with Crippen molar-refractivity contribution in [1.82, 2.24) is 9.88 Å². The number of carbonyl (C=O) groups is 2. The summed E-state index contributed by atoms with van der Waals surface area (Å²) in [4.78, 5) is 24.3. The molecule has 0 spiro atoms. The summed E-state index contributed by atoms with van der Waals surface area (Å²) in [6.45, 7) is 4.78. The van der Waals surface area contributed by atoms with Crippen LogP contribution < -0.4 is 10.1 Å². The lowest BCUT2D eigenvalue weighted by Crippen LogP contribution is -2.27.